The van der Waals surface area contributed by atoms with Crippen molar-refractivity contribution in [3.8, 4) is 6.07 Å². The van der Waals surface area contributed by atoms with Crippen LogP contribution >= 0.6 is 0 Å². The van der Waals surface area contributed by atoms with E-state index in [1.54, 1.807) is 4.68 Å². The minimum absolute atomic E-state index is 0.282. The Balaban J connectivity index is 1.95. The highest BCUT2D eigenvalue weighted by Crippen LogP contribution is 2.37. The molecule has 0 saturated carbocycles. The number of nitrogens with zero attached hydrogens (tertiary/aromatic N) is 4. The first-order chi connectivity index (χ1) is 11.4. The van der Waals surface area contributed by atoms with Crippen molar-refractivity contribution in [1.82, 2.24) is 14.8 Å². The molecule has 23 heavy (non-hydrogen) atoms. The van der Waals surface area contributed by atoms with Gasteiger partial charge in [-0.3, -0.25) is 0 Å². The van der Waals surface area contributed by atoms with E-state index in [4.69, 9.17) is 0 Å². The second kappa shape index (κ2) is 5.43. The summed E-state index contributed by atoms with van der Waals surface area (Å²) in [5, 5.41) is 17.3. The van der Waals surface area contributed by atoms with Gasteiger partial charge in [0.05, 0.1) is 17.3 Å². The topological polar surface area (TPSA) is 66.5 Å². The Bertz CT molecular complexity index is 903. The standard InChI is InChI=1S/C18H13N5/c19-11-15-16(13-7-3-1-4-8-13)22-18-20-12-21-23(18)17(15)14-9-5-2-6-10-14/h1-10,12,17H,(H,20,21,22). The predicted molar refractivity (Wildman–Crippen MR) is 87.2 cm³/mol. The molecule has 4 rings (SSSR count). The number of hydrogen-bond acceptors (Lipinski definition) is 4. The van der Waals surface area contributed by atoms with Gasteiger partial charge in [0, 0.05) is 0 Å². The number of nitrogens with one attached hydrogen (secondary N) is 1. The molecule has 5 nitrogen and oxygen atoms in total. The van der Waals surface area contributed by atoms with E-state index < -0.39 is 0 Å². The first kappa shape index (κ1) is 13.3. The summed E-state index contributed by atoms with van der Waals surface area (Å²) in [6.07, 6.45) is 1.50. The molecule has 0 amide bonds. The number of nitriles is 1. The second-order valence-corrected chi connectivity index (χ2v) is 5.23. The largest absolute Gasteiger partial charge is 0.323 e. The molecule has 0 fully saturated rings. The smallest absolute Gasteiger partial charge is 0.226 e. The highest BCUT2D eigenvalue weighted by Gasteiger charge is 2.31. The average Bonchev–Trinajstić information content (AvgIpc) is 3.09. The predicted octanol–water partition coefficient (Wildman–Crippen LogP) is 3.23. The molecule has 0 saturated heterocycles. The van der Waals surface area contributed by atoms with Gasteiger partial charge >= 0.3 is 0 Å². The van der Waals surface area contributed by atoms with Gasteiger partial charge in [0.2, 0.25) is 5.95 Å². The van der Waals surface area contributed by atoms with Crippen molar-refractivity contribution in [2.75, 3.05) is 5.32 Å². The van der Waals surface area contributed by atoms with Gasteiger partial charge < -0.3 is 5.32 Å². The van der Waals surface area contributed by atoms with Gasteiger partial charge in [-0.2, -0.15) is 15.3 Å². The van der Waals surface area contributed by atoms with Crippen LogP contribution in [0.5, 0.6) is 0 Å². The zero-order chi connectivity index (χ0) is 15.6. The summed E-state index contributed by atoms with van der Waals surface area (Å²) in [5.74, 6) is 0.636. The van der Waals surface area contributed by atoms with E-state index in [1.807, 2.05) is 60.7 Å². The van der Waals surface area contributed by atoms with Crippen molar-refractivity contribution < 1.29 is 0 Å². The van der Waals surface area contributed by atoms with Crippen LogP contribution in [-0.4, -0.2) is 14.8 Å². The lowest BCUT2D eigenvalue weighted by molar-refractivity contribution is 0.596. The van der Waals surface area contributed by atoms with Crippen LogP contribution in [0.25, 0.3) is 5.70 Å². The summed E-state index contributed by atoms with van der Waals surface area (Å²) in [4.78, 5) is 4.27. The van der Waals surface area contributed by atoms with Crippen molar-refractivity contribution in [3.05, 3.63) is 83.7 Å². The van der Waals surface area contributed by atoms with Crippen LogP contribution in [-0.2, 0) is 0 Å². The minimum Gasteiger partial charge on any atom is -0.323 e. The number of benzene rings is 2. The fourth-order valence-corrected chi connectivity index (χ4v) is 2.86. The van der Waals surface area contributed by atoms with Crippen molar-refractivity contribution in [3.63, 3.8) is 0 Å². The molecule has 1 aromatic heterocycles. The number of hydrogen-bond donors (Lipinski definition) is 1. The summed E-state index contributed by atoms with van der Waals surface area (Å²) in [5.41, 5.74) is 3.37. The molecule has 1 atom stereocenters. The Morgan fingerprint density at radius 1 is 1.00 bits per heavy atom. The van der Waals surface area contributed by atoms with Gasteiger partial charge in [-0.1, -0.05) is 60.7 Å². The van der Waals surface area contributed by atoms with Gasteiger partial charge in [0.15, 0.2) is 0 Å². The fourth-order valence-electron chi connectivity index (χ4n) is 2.86. The number of fused-ring (bicyclic) bond motifs is 1. The van der Waals surface area contributed by atoms with Crippen LogP contribution in [0, 0.1) is 11.3 Å². The van der Waals surface area contributed by atoms with Gasteiger partial charge in [0.1, 0.15) is 12.4 Å². The molecule has 0 bridgehead atoms. The fraction of sp³-hybridized carbons (Fsp3) is 0.0556. The Morgan fingerprint density at radius 2 is 1.70 bits per heavy atom. The summed E-state index contributed by atoms with van der Waals surface area (Å²) in [7, 11) is 0. The Morgan fingerprint density at radius 3 is 2.39 bits per heavy atom. The summed E-state index contributed by atoms with van der Waals surface area (Å²) < 4.78 is 1.75. The first-order valence-electron chi connectivity index (χ1n) is 7.29. The Labute approximate surface area is 133 Å². The van der Waals surface area contributed by atoms with Gasteiger partial charge in [0.25, 0.3) is 0 Å². The monoisotopic (exact) mass is 299 g/mol. The Hall–Kier alpha value is -3.39. The van der Waals surface area contributed by atoms with Crippen LogP contribution in [0.3, 0.4) is 0 Å². The molecule has 3 aromatic rings. The SMILES string of the molecule is N#CC1=C(c2ccccc2)Nc2ncnn2C1c1ccccc1. The molecule has 2 aromatic carbocycles. The Kier molecular flexibility index (Phi) is 3.13. The van der Waals surface area contributed by atoms with Crippen LogP contribution in [0.15, 0.2) is 72.6 Å². The summed E-state index contributed by atoms with van der Waals surface area (Å²) in [6, 6.07) is 21.8. The molecule has 0 radical (unpaired) electrons. The second-order valence-electron chi connectivity index (χ2n) is 5.23. The summed E-state index contributed by atoms with van der Waals surface area (Å²) >= 11 is 0. The minimum atomic E-state index is -0.282. The van der Waals surface area contributed by atoms with E-state index in [0.29, 0.717) is 11.5 Å². The highest BCUT2D eigenvalue weighted by atomic mass is 15.4. The maximum absolute atomic E-state index is 9.81. The van der Waals surface area contributed by atoms with Crippen LogP contribution in [0.2, 0.25) is 0 Å². The van der Waals surface area contributed by atoms with Crippen molar-refractivity contribution in [2.24, 2.45) is 0 Å². The van der Waals surface area contributed by atoms with Gasteiger partial charge in [-0.05, 0) is 11.1 Å². The molecule has 5 heteroatoms. The molecule has 1 N–H and O–H groups in total. The van der Waals surface area contributed by atoms with Crippen molar-refractivity contribution >= 4 is 11.6 Å². The van der Waals surface area contributed by atoms with Crippen molar-refractivity contribution in [2.45, 2.75) is 6.04 Å². The van der Waals surface area contributed by atoms with E-state index in [1.165, 1.54) is 6.33 Å². The van der Waals surface area contributed by atoms with Crippen LogP contribution in [0.4, 0.5) is 5.95 Å². The van der Waals surface area contributed by atoms with E-state index in [9.17, 15) is 5.26 Å². The number of allylic oxidation sites excluding steroid dienone is 1. The van der Waals surface area contributed by atoms with Crippen LogP contribution in [0.1, 0.15) is 17.2 Å². The molecule has 0 aliphatic carbocycles. The molecular formula is C18H13N5. The first-order valence-corrected chi connectivity index (χ1v) is 7.29. The third-order valence-corrected chi connectivity index (χ3v) is 3.90. The third kappa shape index (κ3) is 2.17. The molecule has 1 aliphatic rings. The average molecular weight is 299 g/mol. The molecule has 0 spiro atoms. The maximum atomic E-state index is 9.81. The zero-order valence-corrected chi connectivity index (χ0v) is 12.2. The lowest BCUT2D eigenvalue weighted by Gasteiger charge is -2.27. The molecule has 1 aliphatic heterocycles. The number of aromatic nitrogens is 3. The molecular weight excluding hydrogens is 286 g/mol. The highest BCUT2D eigenvalue weighted by molar-refractivity contribution is 5.82. The summed E-state index contributed by atoms with van der Waals surface area (Å²) in [6.45, 7) is 0. The van der Waals surface area contributed by atoms with Crippen molar-refractivity contribution in [1.29, 1.82) is 5.26 Å². The lowest BCUT2D eigenvalue weighted by atomic mass is 9.94. The van der Waals surface area contributed by atoms with E-state index >= 15 is 0 Å². The molecule has 2 heterocycles. The quantitative estimate of drug-likeness (QED) is 0.789. The molecule has 1 unspecified atom stereocenters. The van der Waals surface area contributed by atoms with E-state index in [-0.39, 0.29) is 6.04 Å². The van der Waals surface area contributed by atoms with Crippen LogP contribution < -0.4 is 5.32 Å². The maximum Gasteiger partial charge on any atom is 0.226 e. The normalized spacial score (nSPS) is 16.4. The number of rotatable bonds is 2. The molecule has 110 valence electrons. The lowest BCUT2D eigenvalue weighted by Crippen LogP contribution is -2.24. The third-order valence-electron chi connectivity index (χ3n) is 3.90. The van der Waals surface area contributed by atoms with Gasteiger partial charge in [-0.15, -0.1) is 0 Å². The number of anilines is 1. The van der Waals surface area contributed by atoms with E-state index in [2.05, 4.69) is 21.5 Å². The van der Waals surface area contributed by atoms with Gasteiger partial charge in [-0.25, -0.2) is 4.68 Å². The zero-order valence-electron chi connectivity index (χ0n) is 12.2. The van der Waals surface area contributed by atoms with E-state index in [0.717, 1.165) is 16.8 Å².